The summed E-state index contributed by atoms with van der Waals surface area (Å²) in [7, 11) is 0. The average Bonchev–Trinajstić information content (AvgIpc) is 2.84. The van der Waals surface area contributed by atoms with Crippen molar-refractivity contribution in [2.45, 2.75) is 51.0 Å². The van der Waals surface area contributed by atoms with Gasteiger partial charge in [0.15, 0.2) is 0 Å². The van der Waals surface area contributed by atoms with Crippen molar-refractivity contribution in [2.75, 3.05) is 32.9 Å². The maximum Gasteiger partial charge on any atom is 0.222 e. The van der Waals surface area contributed by atoms with Crippen LogP contribution in [0.2, 0.25) is 0 Å². The fourth-order valence-electron chi connectivity index (χ4n) is 5.17. The van der Waals surface area contributed by atoms with Crippen molar-refractivity contribution in [1.29, 1.82) is 0 Å². The van der Waals surface area contributed by atoms with Crippen LogP contribution in [0.5, 0.6) is 5.75 Å². The van der Waals surface area contributed by atoms with E-state index in [-0.39, 0.29) is 29.7 Å². The first-order valence-electron chi connectivity index (χ1n) is 12.0. The minimum atomic E-state index is -0.219. The van der Waals surface area contributed by atoms with E-state index in [1.807, 2.05) is 42.2 Å². The number of hydrogen-bond acceptors (Lipinski definition) is 4. The van der Waals surface area contributed by atoms with Crippen molar-refractivity contribution in [1.82, 2.24) is 10.2 Å². The molecule has 4 rings (SSSR count). The highest BCUT2D eigenvalue weighted by Crippen LogP contribution is 2.36. The Bertz CT molecular complexity index is 966. The van der Waals surface area contributed by atoms with Gasteiger partial charge >= 0.3 is 0 Å². The lowest BCUT2D eigenvalue weighted by molar-refractivity contribution is -0.133. The summed E-state index contributed by atoms with van der Waals surface area (Å²) in [5.74, 6) is 0.838. The molecule has 2 heterocycles. The molecular formula is C27H34N2O4. The Balaban J connectivity index is 1.48. The number of amides is 2. The summed E-state index contributed by atoms with van der Waals surface area (Å²) < 4.78 is 11.2. The van der Waals surface area contributed by atoms with Crippen molar-refractivity contribution in [3.63, 3.8) is 0 Å². The Kier molecular flexibility index (Phi) is 7.33. The third kappa shape index (κ3) is 5.22. The second-order valence-corrected chi connectivity index (χ2v) is 9.01. The second-order valence-electron chi connectivity index (χ2n) is 9.01. The Hall–Kier alpha value is -2.86. The summed E-state index contributed by atoms with van der Waals surface area (Å²) in [6.07, 6.45) is 2.81. The minimum Gasteiger partial charge on any atom is -0.494 e. The summed E-state index contributed by atoms with van der Waals surface area (Å²) in [6.45, 7) is 6.75. The van der Waals surface area contributed by atoms with Crippen LogP contribution < -0.4 is 10.1 Å². The van der Waals surface area contributed by atoms with E-state index in [0.29, 0.717) is 32.9 Å². The largest absolute Gasteiger partial charge is 0.494 e. The predicted octanol–water partition coefficient (Wildman–Crippen LogP) is 3.79. The molecule has 0 spiro atoms. The molecule has 1 saturated heterocycles. The third-order valence-electron chi connectivity index (χ3n) is 7.05. The molecule has 2 aromatic rings. The van der Waals surface area contributed by atoms with Crippen LogP contribution in [0.4, 0.5) is 0 Å². The smallest absolute Gasteiger partial charge is 0.222 e. The zero-order valence-electron chi connectivity index (χ0n) is 19.6. The van der Waals surface area contributed by atoms with Gasteiger partial charge in [0.25, 0.3) is 0 Å². The number of rotatable bonds is 7. The molecule has 2 amide bonds. The van der Waals surface area contributed by atoms with Crippen LogP contribution in [0.15, 0.2) is 48.5 Å². The number of fused-ring (bicyclic) bond motifs is 1. The molecule has 1 atom stereocenters. The van der Waals surface area contributed by atoms with E-state index in [1.54, 1.807) is 6.92 Å². The van der Waals surface area contributed by atoms with Gasteiger partial charge < -0.3 is 19.7 Å². The van der Waals surface area contributed by atoms with E-state index < -0.39 is 0 Å². The molecule has 176 valence electrons. The van der Waals surface area contributed by atoms with Crippen molar-refractivity contribution < 1.29 is 19.1 Å². The highest BCUT2D eigenvalue weighted by Gasteiger charge is 2.36. The van der Waals surface area contributed by atoms with Crippen LogP contribution in [0, 0.1) is 0 Å². The van der Waals surface area contributed by atoms with Crippen molar-refractivity contribution in [3.8, 4) is 5.75 Å². The number of carbonyl (C=O) groups excluding carboxylic acids is 2. The molecule has 0 saturated carbocycles. The Morgan fingerprint density at radius 3 is 2.55 bits per heavy atom. The molecule has 1 fully saturated rings. The third-order valence-corrected chi connectivity index (χ3v) is 7.05. The first-order valence-corrected chi connectivity index (χ1v) is 12.0. The van der Waals surface area contributed by atoms with Gasteiger partial charge in [0, 0.05) is 38.6 Å². The first kappa shape index (κ1) is 23.3. The SMILES string of the molecule is CCOc1ccc(C2(CNC(=O)CC3c4ccccc4CCN3C(C)=O)CCOCC2)cc1. The van der Waals surface area contributed by atoms with Gasteiger partial charge in [0.2, 0.25) is 11.8 Å². The quantitative estimate of drug-likeness (QED) is 0.697. The maximum absolute atomic E-state index is 13.1. The summed E-state index contributed by atoms with van der Waals surface area (Å²) in [4.78, 5) is 27.3. The molecule has 0 radical (unpaired) electrons. The Morgan fingerprint density at radius 1 is 1.12 bits per heavy atom. The normalized spacial score (nSPS) is 19.5. The van der Waals surface area contributed by atoms with Gasteiger partial charge in [-0.05, 0) is 55.0 Å². The van der Waals surface area contributed by atoms with Crippen LogP contribution in [0.25, 0.3) is 0 Å². The van der Waals surface area contributed by atoms with Crippen LogP contribution in [-0.2, 0) is 26.2 Å². The maximum atomic E-state index is 13.1. The minimum absolute atomic E-state index is 0.0117. The molecule has 2 aromatic carbocycles. The molecule has 1 unspecified atom stereocenters. The molecule has 0 bridgehead atoms. The standard InChI is InChI=1S/C27H34N2O4/c1-3-33-23-10-8-22(9-11-23)27(13-16-32-17-14-27)19-28-26(31)18-25-24-7-5-4-6-21(24)12-15-29(25)20(2)30/h4-11,25H,3,12-19H2,1-2H3,(H,28,31). The summed E-state index contributed by atoms with van der Waals surface area (Å²) >= 11 is 0. The predicted molar refractivity (Wildman–Crippen MR) is 127 cm³/mol. The molecule has 6 heteroatoms. The zero-order chi connectivity index (χ0) is 23.3. The van der Waals surface area contributed by atoms with Crippen molar-refractivity contribution in [3.05, 3.63) is 65.2 Å². The molecule has 0 aliphatic carbocycles. The van der Waals surface area contributed by atoms with Crippen LogP contribution in [-0.4, -0.2) is 49.6 Å². The number of carbonyl (C=O) groups is 2. The van der Waals surface area contributed by atoms with Gasteiger partial charge in [-0.1, -0.05) is 36.4 Å². The van der Waals surface area contributed by atoms with Gasteiger partial charge in [-0.25, -0.2) is 0 Å². The number of hydrogen-bond donors (Lipinski definition) is 1. The molecule has 6 nitrogen and oxygen atoms in total. The Labute approximate surface area is 196 Å². The summed E-state index contributed by atoms with van der Waals surface area (Å²) in [6, 6.07) is 16.1. The second kappa shape index (κ2) is 10.4. The number of ether oxygens (including phenoxy) is 2. The van der Waals surface area contributed by atoms with E-state index in [9.17, 15) is 9.59 Å². The summed E-state index contributed by atoms with van der Waals surface area (Å²) in [5, 5.41) is 3.21. The number of nitrogens with one attached hydrogen (secondary N) is 1. The lowest BCUT2D eigenvalue weighted by atomic mass is 9.74. The van der Waals surface area contributed by atoms with Crippen molar-refractivity contribution in [2.24, 2.45) is 0 Å². The average molecular weight is 451 g/mol. The van der Waals surface area contributed by atoms with Gasteiger partial charge in [0.1, 0.15) is 5.75 Å². The topological polar surface area (TPSA) is 67.9 Å². The van der Waals surface area contributed by atoms with E-state index in [1.165, 1.54) is 11.1 Å². The zero-order valence-corrected chi connectivity index (χ0v) is 19.6. The monoisotopic (exact) mass is 450 g/mol. The van der Waals surface area contributed by atoms with E-state index in [4.69, 9.17) is 9.47 Å². The first-order chi connectivity index (χ1) is 16.0. The van der Waals surface area contributed by atoms with E-state index in [2.05, 4.69) is 23.5 Å². The molecule has 33 heavy (non-hydrogen) atoms. The molecule has 2 aliphatic heterocycles. The van der Waals surface area contributed by atoms with Crippen molar-refractivity contribution >= 4 is 11.8 Å². The van der Waals surface area contributed by atoms with Gasteiger partial charge in [-0.2, -0.15) is 0 Å². The Morgan fingerprint density at radius 2 is 1.85 bits per heavy atom. The fourth-order valence-corrected chi connectivity index (χ4v) is 5.17. The number of benzene rings is 2. The molecule has 0 aromatic heterocycles. The highest BCUT2D eigenvalue weighted by atomic mass is 16.5. The lowest BCUT2D eigenvalue weighted by Crippen LogP contribution is -2.46. The fraction of sp³-hybridized carbons (Fsp3) is 0.481. The molecular weight excluding hydrogens is 416 g/mol. The molecule has 2 aliphatic rings. The highest BCUT2D eigenvalue weighted by molar-refractivity contribution is 5.79. The van der Waals surface area contributed by atoms with Crippen LogP contribution in [0.1, 0.15) is 55.8 Å². The van der Waals surface area contributed by atoms with Gasteiger partial charge in [-0.3, -0.25) is 9.59 Å². The van der Waals surface area contributed by atoms with Crippen LogP contribution in [0.3, 0.4) is 0 Å². The van der Waals surface area contributed by atoms with E-state index in [0.717, 1.165) is 30.6 Å². The van der Waals surface area contributed by atoms with Crippen LogP contribution >= 0.6 is 0 Å². The molecule has 1 N–H and O–H groups in total. The lowest BCUT2D eigenvalue weighted by Gasteiger charge is -2.39. The summed E-state index contributed by atoms with van der Waals surface area (Å²) in [5.41, 5.74) is 3.34. The number of nitrogens with zero attached hydrogens (tertiary/aromatic N) is 1. The van der Waals surface area contributed by atoms with Gasteiger partial charge in [-0.15, -0.1) is 0 Å². The van der Waals surface area contributed by atoms with E-state index >= 15 is 0 Å². The van der Waals surface area contributed by atoms with Gasteiger partial charge in [0.05, 0.1) is 19.1 Å².